The van der Waals surface area contributed by atoms with Crippen molar-refractivity contribution in [1.82, 2.24) is 10.2 Å². The molecule has 2 aliphatic heterocycles. The van der Waals surface area contributed by atoms with Crippen LogP contribution in [0.2, 0.25) is 0 Å². The van der Waals surface area contributed by atoms with E-state index >= 15 is 0 Å². The third kappa shape index (κ3) is 4.27. The molecule has 0 aromatic heterocycles. The highest BCUT2D eigenvalue weighted by Crippen LogP contribution is 2.40. The lowest BCUT2D eigenvalue weighted by molar-refractivity contribution is -0.125. The normalized spacial score (nSPS) is 21.0. The number of fused-ring (bicyclic) bond motifs is 3. The molecule has 1 aromatic carbocycles. The minimum atomic E-state index is -0.218. The number of piperidine rings is 1. The molecule has 0 unspecified atom stereocenters. The quantitative estimate of drug-likeness (QED) is 0.759. The summed E-state index contributed by atoms with van der Waals surface area (Å²) in [5, 5.41) is 3.10. The molecule has 1 aliphatic carbocycles. The van der Waals surface area contributed by atoms with Crippen LogP contribution in [-0.2, 0) is 9.59 Å². The Morgan fingerprint density at radius 1 is 1.03 bits per heavy atom. The van der Waals surface area contributed by atoms with E-state index in [1.54, 1.807) is 9.80 Å². The highest BCUT2D eigenvalue weighted by Gasteiger charge is 2.40. The van der Waals surface area contributed by atoms with E-state index in [9.17, 15) is 14.4 Å². The zero-order chi connectivity index (χ0) is 22.0. The van der Waals surface area contributed by atoms with Gasteiger partial charge in [0.1, 0.15) is 12.6 Å². The van der Waals surface area contributed by atoms with Crippen LogP contribution >= 0.6 is 0 Å². The summed E-state index contributed by atoms with van der Waals surface area (Å²) in [6.45, 7) is 6.02. The van der Waals surface area contributed by atoms with Crippen LogP contribution in [0.1, 0.15) is 69.2 Å². The van der Waals surface area contributed by atoms with Gasteiger partial charge in [0, 0.05) is 31.2 Å². The largest absolute Gasteiger partial charge is 0.358 e. The van der Waals surface area contributed by atoms with Gasteiger partial charge in [-0.1, -0.05) is 12.8 Å². The van der Waals surface area contributed by atoms with Crippen LogP contribution in [0.25, 0.3) is 0 Å². The molecule has 1 N–H and O–H groups in total. The van der Waals surface area contributed by atoms with Crippen LogP contribution in [0.4, 0.5) is 11.4 Å². The first kappa shape index (κ1) is 21.7. The molecule has 1 atom stereocenters. The van der Waals surface area contributed by atoms with E-state index in [-0.39, 0.29) is 36.3 Å². The van der Waals surface area contributed by atoms with Crippen LogP contribution in [0.15, 0.2) is 18.2 Å². The van der Waals surface area contributed by atoms with E-state index in [1.807, 2.05) is 32.0 Å². The number of benzene rings is 1. The Kier molecular flexibility index (Phi) is 6.49. The van der Waals surface area contributed by atoms with Gasteiger partial charge in [-0.25, -0.2) is 0 Å². The van der Waals surface area contributed by atoms with Gasteiger partial charge in [-0.2, -0.15) is 0 Å². The first-order valence-electron chi connectivity index (χ1n) is 11.8. The number of carbonyl (C=O) groups excluding carboxylic acids is 3. The van der Waals surface area contributed by atoms with Crippen molar-refractivity contribution in [2.24, 2.45) is 0 Å². The summed E-state index contributed by atoms with van der Waals surface area (Å²) >= 11 is 0. The molecule has 2 fully saturated rings. The fourth-order valence-electron chi connectivity index (χ4n) is 5.23. The summed E-state index contributed by atoms with van der Waals surface area (Å²) in [5.74, 6) is -0.187. The van der Waals surface area contributed by atoms with Crippen molar-refractivity contribution < 1.29 is 14.4 Å². The van der Waals surface area contributed by atoms with Crippen LogP contribution in [-0.4, -0.2) is 60.9 Å². The number of hydrogen-bond acceptors (Lipinski definition) is 4. The van der Waals surface area contributed by atoms with Gasteiger partial charge in [-0.3, -0.25) is 19.3 Å². The van der Waals surface area contributed by atoms with Crippen molar-refractivity contribution in [1.29, 1.82) is 0 Å². The van der Waals surface area contributed by atoms with Crippen molar-refractivity contribution in [2.45, 2.75) is 70.9 Å². The van der Waals surface area contributed by atoms with Crippen molar-refractivity contribution in [3.05, 3.63) is 23.8 Å². The number of carbonyl (C=O) groups is 3. The van der Waals surface area contributed by atoms with E-state index in [4.69, 9.17) is 0 Å². The Morgan fingerprint density at radius 2 is 1.74 bits per heavy atom. The third-order valence-electron chi connectivity index (χ3n) is 6.95. The second kappa shape index (κ2) is 9.28. The molecular formula is C24H34N4O3. The number of rotatable bonds is 6. The Labute approximate surface area is 184 Å². The molecule has 3 aliphatic rings. The van der Waals surface area contributed by atoms with Crippen molar-refractivity contribution >= 4 is 29.1 Å². The predicted molar refractivity (Wildman–Crippen MR) is 121 cm³/mol. The summed E-state index contributed by atoms with van der Waals surface area (Å²) in [6.07, 6.45) is 7.17. The Hall–Kier alpha value is -2.57. The highest BCUT2D eigenvalue weighted by molar-refractivity contribution is 6.09. The highest BCUT2D eigenvalue weighted by atomic mass is 16.2. The molecule has 3 amide bonds. The summed E-state index contributed by atoms with van der Waals surface area (Å²) in [4.78, 5) is 44.7. The lowest BCUT2D eigenvalue weighted by Gasteiger charge is -2.45. The zero-order valence-corrected chi connectivity index (χ0v) is 18.7. The fraction of sp³-hybridized carbons (Fsp3) is 0.625. The maximum absolute atomic E-state index is 13.4. The van der Waals surface area contributed by atoms with Crippen molar-refractivity contribution in [3.63, 3.8) is 0 Å². The molecule has 7 heteroatoms. The maximum atomic E-state index is 13.4. The molecule has 31 heavy (non-hydrogen) atoms. The van der Waals surface area contributed by atoms with Gasteiger partial charge < -0.3 is 15.1 Å². The number of anilines is 2. The van der Waals surface area contributed by atoms with Crippen molar-refractivity contribution in [3.8, 4) is 0 Å². The van der Waals surface area contributed by atoms with Gasteiger partial charge in [-0.05, 0) is 64.2 Å². The molecule has 0 spiro atoms. The molecule has 0 bridgehead atoms. The van der Waals surface area contributed by atoms with E-state index in [0.29, 0.717) is 24.3 Å². The Balaban J connectivity index is 1.65. The minimum Gasteiger partial charge on any atom is -0.358 e. The Morgan fingerprint density at radius 3 is 2.45 bits per heavy atom. The smallest absolute Gasteiger partial charge is 0.253 e. The molecule has 4 rings (SSSR count). The van der Waals surface area contributed by atoms with Gasteiger partial charge >= 0.3 is 0 Å². The molecule has 1 aromatic rings. The van der Waals surface area contributed by atoms with Crippen LogP contribution in [0, 0.1) is 0 Å². The Bertz CT molecular complexity index is 845. The zero-order valence-electron chi connectivity index (χ0n) is 18.7. The topological polar surface area (TPSA) is 73.0 Å². The lowest BCUT2D eigenvalue weighted by Crippen LogP contribution is -2.57. The second-order valence-corrected chi connectivity index (χ2v) is 8.86. The second-order valence-electron chi connectivity index (χ2n) is 8.86. The maximum Gasteiger partial charge on any atom is 0.253 e. The summed E-state index contributed by atoms with van der Waals surface area (Å²) < 4.78 is 0. The predicted octanol–water partition coefficient (Wildman–Crippen LogP) is 2.93. The standard InChI is InChI=1S/C24H34N4O3/c1-3-26(4-2)23(30)17-12-13-19-21(15-17)28(16-22(29)25-18-9-5-6-10-18)24(31)20-11-7-8-14-27(19)20/h12-13,15,18,20H,3-11,14,16H2,1-2H3,(H,25,29)/t20-/m0/s1. The van der Waals surface area contributed by atoms with Gasteiger partial charge in [0.25, 0.3) is 5.91 Å². The number of nitrogens with zero attached hydrogens (tertiary/aromatic N) is 3. The van der Waals surface area contributed by atoms with Gasteiger partial charge in [-0.15, -0.1) is 0 Å². The molecule has 0 radical (unpaired) electrons. The summed E-state index contributed by atoms with van der Waals surface area (Å²) in [7, 11) is 0. The first-order chi connectivity index (χ1) is 15.0. The molecule has 2 heterocycles. The number of nitrogens with one attached hydrogen (secondary N) is 1. The summed E-state index contributed by atoms with van der Waals surface area (Å²) in [5.41, 5.74) is 2.20. The van der Waals surface area contributed by atoms with E-state index in [1.165, 1.54) is 0 Å². The fourth-order valence-corrected chi connectivity index (χ4v) is 5.23. The first-order valence-corrected chi connectivity index (χ1v) is 11.8. The monoisotopic (exact) mass is 426 g/mol. The molecular weight excluding hydrogens is 392 g/mol. The minimum absolute atomic E-state index is 0.00951. The van der Waals surface area contributed by atoms with E-state index in [2.05, 4.69) is 10.2 Å². The van der Waals surface area contributed by atoms with E-state index < -0.39 is 0 Å². The van der Waals surface area contributed by atoms with Gasteiger partial charge in [0.15, 0.2) is 0 Å². The SMILES string of the molecule is CCN(CC)C(=O)c1ccc2c(c1)N(CC(=O)NC1CCCC1)C(=O)[C@@H]1CCCCN21. The molecule has 1 saturated heterocycles. The molecule has 168 valence electrons. The summed E-state index contributed by atoms with van der Waals surface area (Å²) in [6, 6.07) is 5.62. The average Bonchev–Trinajstić information content (AvgIpc) is 3.30. The lowest BCUT2D eigenvalue weighted by atomic mass is 9.95. The third-order valence-corrected chi connectivity index (χ3v) is 6.95. The average molecular weight is 427 g/mol. The number of amides is 3. The van der Waals surface area contributed by atoms with Crippen LogP contribution in [0.3, 0.4) is 0 Å². The molecule has 1 saturated carbocycles. The van der Waals surface area contributed by atoms with E-state index in [0.717, 1.165) is 57.2 Å². The van der Waals surface area contributed by atoms with Gasteiger partial charge in [0.05, 0.1) is 11.4 Å². The van der Waals surface area contributed by atoms with Crippen LogP contribution < -0.4 is 15.1 Å². The molecule has 7 nitrogen and oxygen atoms in total. The van der Waals surface area contributed by atoms with Crippen molar-refractivity contribution in [2.75, 3.05) is 36.0 Å². The van der Waals surface area contributed by atoms with Gasteiger partial charge in [0.2, 0.25) is 11.8 Å². The number of hydrogen-bond donors (Lipinski definition) is 1. The van der Waals surface area contributed by atoms with Crippen LogP contribution in [0.5, 0.6) is 0 Å².